The van der Waals surface area contributed by atoms with E-state index in [0.29, 0.717) is 23.0 Å². The van der Waals surface area contributed by atoms with Gasteiger partial charge in [-0.1, -0.05) is 35.3 Å². The average molecular weight is 347 g/mol. The van der Waals surface area contributed by atoms with Gasteiger partial charge in [-0.15, -0.1) is 0 Å². The molecule has 1 rings (SSSR count). The van der Waals surface area contributed by atoms with E-state index in [9.17, 15) is 9.59 Å². The van der Waals surface area contributed by atoms with Crippen molar-refractivity contribution in [2.75, 3.05) is 19.6 Å². The molecule has 122 valence electrons. The van der Waals surface area contributed by atoms with Crippen LogP contribution >= 0.6 is 23.2 Å². The maximum Gasteiger partial charge on any atom is 0.317 e. The van der Waals surface area contributed by atoms with Crippen LogP contribution in [0.4, 0.5) is 0 Å². The number of hydrogen-bond donors (Lipinski definition) is 2. The number of hydrogen-bond acceptors (Lipinski definition) is 3. The second-order valence-electron chi connectivity index (χ2n) is 5.21. The number of amides is 1. The van der Waals surface area contributed by atoms with Crippen molar-refractivity contribution in [3.8, 4) is 0 Å². The lowest BCUT2D eigenvalue weighted by Crippen LogP contribution is -2.43. The van der Waals surface area contributed by atoms with Crippen molar-refractivity contribution in [3.63, 3.8) is 0 Å². The smallest absolute Gasteiger partial charge is 0.317 e. The van der Waals surface area contributed by atoms with Gasteiger partial charge >= 0.3 is 5.97 Å². The summed E-state index contributed by atoms with van der Waals surface area (Å²) < 4.78 is 0. The summed E-state index contributed by atoms with van der Waals surface area (Å²) in [6, 6.07) is 5.34. The first-order chi connectivity index (χ1) is 10.3. The van der Waals surface area contributed by atoms with Gasteiger partial charge in [-0.05, 0) is 31.9 Å². The Hall–Kier alpha value is -1.30. The summed E-state index contributed by atoms with van der Waals surface area (Å²) in [4.78, 5) is 24.2. The highest BCUT2D eigenvalue weighted by Gasteiger charge is 2.16. The Balaban J connectivity index is 2.45. The minimum absolute atomic E-state index is 0.0239. The van der Waals surface area contributed by atoms with E-state index >= 15 is 0 Å². The van der Waals surface area contributed by atoms with Gasteiger partial charge < -0.3 is 10.4 Å². The van der Waals surface area contributed by atoms with Crippen molar-refractivity contribution in [2.45, 2.75) is 26.3 Å². The standard InChI is InChI=1S/C15H20Cl2N2O3/c1-10(2)19(9-14(21)22)8-13(20)18-7-6-11-4-3-5-12(16)15(11)17/h3-5,10H,6-9H2,1-2H3,(H,18,20)(H,21,22). The first kappa shape index (κ1) is 18.7. The third kappa shape index (κ3) is 6.22. The van der Waals surface area contributed by atoms with E-state index < -0.39 is 5.97 Å². The summed E-state index contributed by atoms with van der Waals surface area (Å²) >= 11 is 12.0. The summed E-state index contributed by atoms with van der Waals surface area (Å²) in [6.07, 6.45) is 0.561. The van der Waals surface area contributed by atoms with E-state index in [0.717, 1.165) is 5.56 Å². The SMILES string of the molecule is CC(C)N(CC(=O)O)CC(=O)NCCc1cccc(Cl)c1Cl. The number of carbonyl (C=O) groups is 2. The van der Waals surface area contributed by atoms with Gasteiger partial charge in [-0.25, -0.2) is 0 Å². The summed E-state index contributed by atoms with van der Waals surface area (Å²) in [6.45, 7) is 4.00. The molecule has 0 fully saturated rings. The second-order valence-corrected chi connectivity index (χ2v) is 5.99. The molecule has 2 N–H and O–H groups in total. The Morgan fingerprint density at radius 2 is 1.95 bits per heavy atom. The molecule has 7 heteroatoms. The average Bonchev–Trinajstić information content (AvgIpc) is 2.42. The van der Waals surface area contributed by atoms with Gasteiger partial charge in [0.2, 0.25) is 5.91 Å². The fraction of sp³-hybridized carbons (Fsp3) is 0.467. The number of carboxylic acid groups (broad SMARTS) is 1. The van der Waals surface area contributed by atoms with Gasteiger partial charge in [0, 0.05) is 12.6 Å². The number of carbonyl (C=O) groups excluding carboxylic acids is 1. The zero-order chi connectivity index (χ0) is 16.7. The van der Waals surface area contributed by atoms with Crippen LogP contribution in [0.1, 0.15) is 19.4 Å². The molecule has 0 radical (unpaired) electrons. The van der Waals surface area contributed by atoms with Gasteiger partial charge in [-0.2, -0.15) is 0 Å². The lowest BCUT2D eigenvalue weighted by atomic mass is 10.1. The quantitative estimate of drug-likeness (QED) is 0.758. The molecule has 0 spiro atoms. The zero-order valence-electron chi connectivity index (χ0n) is 12.6. The van der Waals surface area contributed by atoms with E-state index in [4.69, 9.17) is 28.3 Å². The Labute approximate surface area is 140 Å². The van der Waals surface area contributed by atoms with Crippen LogP contribution in [0.5, 0.6) is 0 Å². The van der Waals surface area contributed by atoms with Crippen LogP contribution in [0.25, 0.3) is 0 Å². The normalized spacial score (nSPS) is 11.0. The van der Waals surface area contributed by atoms with Gasteiger partial charge in [0.1, 0.15) is 0 Å². The predicted molar refractivity (Wildman–Crippen MR) is 87.5 cm³/mol. The molecule has 22 heavy (non-hydrogen) atoms. The zero-order valence-corrected chi connectivity index (χ0v) is 14.1. The van der Waals surface area contributed by atoms with Gasteiger partial charge in [-0.3, -0.25) is 14.5 Å². The highest BCUT2D eigenvalue weighted by atomic mass is 35.5. The van der Waals surface area contributed by atoms with E-state index in [-0.39, 0.29) is 25.0 Å². The van der Waals surface area contributed by atoms with Crippen molar-refractivity contribution >= 4 is 35.1 Å². The molecule has 0 aromatic heterocycles. The molecule has 0 unspecified atom stereocenters. The topological polar surface area (TPSA) is 69.6 Å². The van der Waals surface area contributed by atoms with Crippen molar-refractivity contribution in [1.82, 2.24) is 10.2 Å². The Kier molecular flexibility index (Phi) is 7.65. The third-order valence-electron chi connectivity index (χ3n) is 3.16. The Bertz CT molecular complexity index is 536. The molecular weight excluding hydrogens is 327 g/mol. The maximum atomic E-state index is 11.9. The number of halogens is 2. The van der Waals surface area contributed by atoms with E-state index in [1.165, 1.54) is 0 Å². The highest BCUT2D eigenvalue weighted by molar-refractivity contribution is 6.42. The molecule has 5 nitrogen and oxygen atoms in total. The number of benzene rings is 1. The molecule has 0 aliphatic heterocycles. The van der Waals surface area contributed by atoms with E-state index in [1.54, 1.807) is 17.0 Å². The molecule has 0 aliphatic carbocycles. The summed E-state index contributed by atoms with van der Waals surface area (Å²) in [5, 5.41) is 12.6. The van der Waals surface area contributed by atoms with Gasteiger partial charge in [0.25, 0.3) is 0 Å². The highest BCUT2D eigenvalue weighted by Crippen LogP contribution is 2.25. The minimum atomic E-state index is -0.952. The van der Waals surface area contributed by atoms with Crippen LogP contribution in [-0.2, 0) is 16.0 Å². The fourth-order valence-corrected chi connectivity index (χ4v) is 2.33. The molecule has 0 aliphatic rings. The monoisotopic (exact) mass is 346 g/mol. The molecule has 0 saturated carbocycles. The third-order valence-corrected chi connectivity index (χ3v) is 4.02. The number of nitrogens with zero attached hydrogens (tertiary/aromatic N) is 1. The molecule has 0 bridgehead atoms. The largest absolute Gasteiger partial charge is 0.480 e. The van der Waals surface area contributed by atoms with Crippen LogP contribution in [0, 0.1) is 0 Å². The van der Waals surface area contributed by atoms with Crippen LogP contribution in [0.3, 0.4) is 0 Å². The first-order valence-corrected chi connectivity index (χ1v) is 7.72. The molecule has 0 atom stereocenters. The molecule has 1 aromatic rings. The van der Waals surface area contributed by atoms with E-state index in [1.807, 2.05) is 19.9 Å². The lowest BCUT2D eigenvalue weighted by Gasteiger charge is -2.23. The molecule has 0 saturated heterocycles. The summed E-state index contributed by atoms with van der Waals surface area (Å²) in [7, 11) is 0. The van der Waals surface area contributed by atoms with Crippen LogP contribution in [0.2, 0.25) is 10.0 Å². The van der Waals surface area contributed by atoms with E-state index in [2.05, 4.69) is 5.32 Å². The molecule has 1 amide bonds. The molecular formula is C15H20Cl2N2O3. The number of rotatable bonds is 8. The number of aliphatic carboxylic acids is 1. The van der Waals surface area contributed by atoms with Crippen LogP contribution < -0.4 is 5.32 Å². The molecule has 1 aromatic carbocycles. The Morgan fingerprint density at radius 1 is 1.27 bits per heavy atom. The van der Waals surface area contributed by atoms with Crippen molar-refractivity contribution in [1.29, 1.82) is 0 Å². The van der Waals surface area contributed by atoms with Crippen LogP contribution in [-0.4, -0.2) is 47.6 Å². The second kappa shape index (κ2) is 8.98. The molecule has 0 heterocycles. The van der Waals surface area contributed by atoms with Crippen molar-refractivity contribution in [3.05, 3.63) is 33.8 Å². The first-order valence-electron chi connectivity index (χ1n) is 6.96. The summed E-state index contributed by atoms with van der Waals surface area (Å²) in [5.41, 5.74) is 0.862. The van der Waals surface area contributed by atoms with Crippen LogP contribution in [0.15, 0.2) is 18.2 Å². The summed E-state index contributed by atoms with van der Waals surface area (Å²) in [5.74, 6) is -1.17. The predicted octanol–water partition coefficient (Wildman–Crippen LogP) is 2.45. The minimum Gasteiger partial charge on any atom is -0.480 e. The Morgan fingerprint density at radius 3 is 2.55 bits per heavy atom. The lowest BCUT2D eigenvalue weighted by molar-refractivity contribution is -0.139. The van der Waals surface area contributed by atoms with Crippen molar-refractivity contribution < 1.29 is 14.7 Å². The maximum absolute atomic E-state index is 11.9. The van der Waals surface area contributed by atoms with Crippen molar-refractivity contribution in [2.24, 2.45) is 0 Å². The van der Waals surface area contributed by atoms with Gasteiger partial charge in [0.05, 0.1) is 23.1 Å². The number of carboxylic acids is 1. The fourth-order valence-electron chi connectivity index (χ4n) is 1.91. The number of nitrogens with one attached hydrogen (secondary N) is 1. The van der Waals surface area contributed by atoms with Gasteiger partial charge in [0.15, 0.2) is 0 Å².